The van der Waals surface area contributed by atoms with Crippen molar-refractivity contribution in [1.82, 2.24) is 10.3 Å². The number of nitrogen functional groups attached to an aromatic ring is 1. The monoisotopic (exact) mass is 279 g/mol. The lowest BCUT2D eigenvalue weighted by atomic mass is 10.1. The summed E-state index contributed by atoms with van der Waals surface area (Å²) in [6.45, 7) is 1.84. The molecule has 1 amide bonds. The van der Waals surface area contributed by atoms with Gasteiger partial charge < -0.3 is 16.0 Å². The van der Waals surface area contributed by atoms with E-state index in [1.807, 2.05) is 13.0 Å². The van der Waals surface area contributed by atoms with Crippen molar-refractivity contribution >= 4 is 33.3 Å². The second-order valence-electron chi connectivity index (χ2n) is 4.62. The van der Waals surface area contributed by atoms with Crippen LogP contribution in [0.1, 0.15) is 17.3 Å². The third-order valence-electron chi connectivity index (χ3n) is 2.81. The lowest BCUT2D eigenvalue weighted by Gasteiger charge is -2.11. The summed E-state index contributed by atoms with van der Waals surface area (Å²) in [5, 5.41) is 3.63. The van der Waals surface area contributed by atoms with Crippen LogP contribution in [0.4, 0.5) is 5.69 Å². The molecule has 102 valence electrons. The Balaban J connectivity index is 2.22. The number of rotatable bonds is 4. The lowest BCUT2D eigenvalue weighted by molar-refractivity contribution is 0.0945. The molecule has 5 nitrogen and oxygen atoms in total. The molecule has 1 aromatic carbocycles. The van der Waals surface area contributed by atoms with Crippen LogP contribution in [0, 0.1) is 0 Å². The number of hydrogen-bond acceptors (Lipinski definition) is 3. The third-order valence-corrected chi connectivity index (χ3v) is 3.78. The fourth-order valence-electron chi connectivity index (χ4n) is 2.02. The summed E-state index contributed by atoms with van der Waals surface area (Å²) in [6, 6.07) is 5.25. The molecule has 0 bridgehead atoms. The Bertz CT molecular complexity index is 636. The average molecular weight is 279 g/mol. The molecule has 0 aliphatic rings. The minimum Gasteiger partial charge on any atom is -0.399 e. The fraction of sp³-hybridized carbons (Fsp3) is 0.308. The van der Waals surface area contributed by atoms with Gasteiger partial charge in [0.2, 0.25) is 0 Å². The fourth-order valence-corrected chi connectivity index (χ4v) is 2.81. The predicted octanol–water partition coefficient (Wildman–Crippen LogP) is 1.25. The van der Waals surface area contributed by atoms with Crippen molar-refractivity contribution in [3.63, 3.8) is 0 Å². The molecule has 0 spiro atoms. The molecule has 2 aromatic rings. The Morgan fingerprint density at radius 3 is 2.95 bits per heavy atom. The molecule has 1 heterocycles. The van der Waals surface area contributed by atoms with Gasteiger partial charge in [0, 0.05) is 51.6 Å². The highest BCUT2D eigenvalue weighted by atomic mass is 32.2. The highest BCUT2D eigenvalue weighted by molar-refractivity contribution is 7.84. The van der Waals surface area contributed by atoms with Crippen LogP contribution in [0.3, 0.4) is 0 Å². The van der Waals surface area contributed by atoms with Crippen molar-refractivity contribution in [3.8, 4) is 0 Å². The molecular formula is C13H17N3O2S. The van der Waals surface area contributed by atoms with E-state index in [0.29, 0.717) is 17.0 Å². The van der Waals surface area contributed by atoms with Crippen LogP contribution in [0.2, 0.25) is 0 Å². The molecule has 0 saturated heterocycles. The number of benzene rings is 1. The SMILES string of the molecule is CC(CS(C)=O)NC(=O)c1c[nH]c2ccc(N)cc12. The lowest BCUT2D eigenvalue weighted by Crippen LogP contribution is -2.36. The van der Waals surface area contributed by atoms with Crippen LogP contribution < -0.4 is 11.1 Å². The number of aromatic nitrogens is 1. The van der Waals surface area contributed by atoms with Crippen molar-refractivity contribution in [2.45, 2.75) is 13.0 Å². The maximum absolute atomic E-state index is 12.2. The molecule has 2 atom stereocenters. The van der Waals surface area contributed by atoms with Gasteiger partial charge in [0.05, 0.1) is 5.56 Å². The van der Waals surface area contributed by atoms with E-state index in [0.717, 1.165) is 10.9 Å². The number of nitrogens with one attached hydrogen (secondary N) is 2. The van der Waals surface area contributed by atoms with Gasteiger partial charge in [-0.15, -0.1) is 0 Å². The topological polar surface area (TPSA) is 88.0 Å². The molecule has 0 radical (unpaired) electrons. The van der Waals surface area contributed by atoms with Gasteiger partial charge in [-0.2, -0.15) is 0 Å². The molecule has 0 aliphatic carbocycles. The molecule has 2 unspecified atom stereocenters. The Labute approximate surface area is 114 Å². The van der Waals surface area contributed by atoms with Gasteiger partial charge in [-0.25, -0.2) is 0 Å². The van der Waals surface area contributed by atoms with Crippen molar-refractivity contribution in [3.05, 3.63) is 30.0 Å². The van der Waals surface area contributed by atoms with Crippen molar-refractivity contribution in [2.75, 3.05) is 17.7 Å². The van der Waals surface area contributed by atoms with Crippen molar-refractivity contribution < 1.29 is 9.00 Å². The quantitative estimate of drug-likeness (QED) is 0.736. The number of aromatic amines is 1. The summed E-state index contributed by atoms with van der Waals surface area (Å²) >= 11 is 0. The molecule has 19 heavy (non-hydrogen) atoms. The van der Waals surface area contributed by atoms with Gasteiger partial charge in [0.25, 0.3) is 5.91 Å². The van der Waals surface area contributed by atoms with E-state index < -0.39 is 10.8 Å². The molecule has 0 fully saturated rings. The van der Waals surface area contributed by atoms with Crippen LogP contribution in [0.5, 0.6) is 0 Å². The minimum atomic E-state index is -0.932. The Morgan fingerprint density at radius 1 is 1.53 bits per heavy atom. The largest absolute Gasteiger partial charge is 0.399 e. The van der Waals surface area contributed by atoms with E-state index in [2.05, 4.69) is 10.3 Å². The van der Waals surface area contributed by atoms with Gasteiger partial charge in [-0.3, -0.25) is 9.00 Å². The molecule has 0 saturated carbocycles. The smallest absolute Gasteiger partial charge is 0.253 e. The van der Waals surface area contributed by atoms with Gasteiger partial charge in [-0.1, -0.05) is 0 Å². The summed E-state index contributed by atoms with van der Waals surface area (Å²) in [6.07, 6.45) is 3.28. The van der Waals surface area contributed by atoms with Gasteiger partial charge in [0.1, 0.15) is 0 Å². The van der Waals surface area contributed by atoms with E-state index in [-0.39, 0.29) is 11.9 Å². The second-order valence-corrected chi connectivity index (χ2v) is 6.10. The van der Waals surface area contributed by atoms with Crippen LogP contribution in [-0.4, -0.2) is 33.2 Å². The zero-order valence-corrected chi connectivity index (χ0v) is 11.7. The van der Waals surface area contributed by atoms with Gasteiger partial charge >= 0.3 is 0 Å². The number of amides is 1. The van der Waals surface area contributed by atoms with Crippen molar-refractivity contribution in [1.29, 1.82) is 0 Å². The number of hydrogen-bond donors (Lipinski definition) is 3. The third kappa shape index (κ3) is 3.14. The molecule has 2 rings (SSSR count). The molecule has 6 heteroatoms. The number of carbonyl (C=O) groups excluding carboxylic acids is 1. The summed E-state index contributed by atoms with van der Waals surface area (Å²) in [5.74, 6) is 0.255. The first-order chi connectivity index (χ1) is 8.97. The molecule has 4 N–H and O–H groups in total. The van der Waals surface area contributed by atoms with E-state index in [1.165, 1.54) is 0 Å². The number of H-pyrrole nitrogens is 1. The first kappa shape index (κ1) is 13.6. The number of carbonyl (C=O) groups is 1. The summed E-state index contributed by atoms with van der Waals surface area (Å²) in [5.41, 5.74) is 7.77. The van der Waals surface area contributed by atoms with E-state index >= 15 is 0 Å². The first-order valence-electron chi connectivity index (χ1n) is 5.95. The second kappa shape index (κ2) is 5.44. The minimum absolute atomic E-state index is 0.135. The Morgan fingerprint density at radius 2 is 2.26 bits per heavy atom. The van der Waals surface area contributed by atoms with Crippen LogP contribution in [-0.2, 0) is 10.8 Å². The normalized spacial score (nSPS) is 14.2. The molecule has 0 aliphatic heterocycles. The van der Waals surface area contributed by atoms with E-state index in [4.69, 9.17) is 5.73 Å². The summed E-state index contributed by atoms with van der Waals surface area (Å²) in [7, 11) is -0.932. The highest BCUT2D eigenvalue weighted by Gasteiger charge is 2.15. The van der Waals surface area contributed by atoms with Crippen LogP contribution in [0.15, 0.2) is 24.4 Å². The molecule has 1 aromatic heterocycles. The van der Waals surface area contributed by atoms with E-state index in [9.17, 15) is 9.00 Å². The first-order valence-corrected chi connectivity index (χ1v) is 7.67. The zero-order valence-electron chi connectivity index (χ0n) is 10.9. The Hall–Kier alpha value is -1.82. The number of nitrogens with two attached hydrogens (primary N) is 1. The standard InChI is InChI=1S/C13H17N3O2S/c1-8(7-19(2)18)16-13(17)11-6-15-12-4-3-9(14)5-10(11)12/h3-6,8,15H,7,14H2,1-2H3,(H,16,17). The van der Waals surface area contributed by atoms with Gasteiger partial charge in [-0.05, 0) is 25.1 Å². The Kier molecular flexibility index (Phi) is 3.90. The number of anilines is 1. The van der Waals surface area contributed by atoms with E-state index in [1.54, 1.807) is 24.6 Å². The zero-order chi connectivity index (χ0) is 14.0. The maximum atomic E-state index is 12.2. The molecular weight excluding hydrogens is 262 g/mol. The van der Waals surface area contributed by atoms with Gasteiger partial charge in [0.15, 0.2) is 0 Å². The highest BCUT2D eigenvalue weighted by Crippen LogP contribution is 2.20. The van der Waals surface area contributed by atoms with Crippen LogP contribution >= 0.6 is 0 Å². The predicted molar refractivity (Wildman–Crippen MR) is 78.6 cm³/mol. The summed E-state index contributed by atoms with van der Waals surface area (Å²) < 4.78 is 11.1. The summed E-state index contributed by atoms with van der Waals surface area (Å²) in [4.78, 5) is 15.2. The van der Waals surface area contributed by atoms with Crippen molar-refractivity contribution in [2.24, 2.45) is 0 Å². The maximum Gasteiger partial charge on any atom is 0.253 e. The average Bonchev–Trinajstić information content (AvgIpc) is 2.70. The van der Waals surface area contributed by atoms with Crippen LogP contribution in [0.25, 0.3) is 10.9 Å². The number of fused-ring (bicyclic) bond motifs is 1.